The van der Waals surface area contributed by atoms with E-state index in [1.165, 1.54) is 11.8 Å². The Kier molecular flexibility index (Phi) is 5.16. The van der Waals surface area contributed by atoms with Crippen molar-refractivity contribution in [3.05, 3.63) is 99.3 Å². The summed E-state index contributed by atoms with van der Waals surface area (Å²) in [7, 11) is 0. The number of hydrogen-bond donors (Lipinski definition) is 0. The molecule has 0 spiro atoms. The van der Waals surface area contributed by atoms with Crippen LogP contribution in [0, 0.1) is 11.3 Å². The molecule has 3 aromatic carbocycles. The van der Waals surface area contributed by atoms with Crippen molar-refractivity contribution in [2.45, 2.75) is 10.9 Å². The molecule has 0 aliphatic rings. The zero-order chi connectivity index (χ0) is 19.5. The number of para-hydroxylation sites is 1. The van der Waals surface area contributed by atoms with Crippen LogP contribution in [-0.4, -0.2) is 9.55 Å². The summed E-state index contributed by atoms with van der Waals surface area (Å²) in [6.45, 7) is 0. The van der Waals surface area contributed by atoms with Crippen molar-refractivity contribution in [2.24, 2.45) is 0 Å². The van der Waals surface area contributed by atoms with Crippen LogP contribution >= 0.6 is 23.4 Å². The van der Waals surface area contributed by atoms with E-state index >= 15 is 0 Å². The number of aromatic nitrogens is 2. The summed E-state index contributed by atoms with van der Waals surface area (Å²) in [5, 5.41) is 10.8. The molecule has 0 atom stereocenters. The second-order valence-corrected chi connectivity index (χ2v) is 7.44. The quantitative estimate of drug-likeness (QED) is 0.347. The van der Waals surface area contributed by atoms with Gasteiger partial charge < -0.3 is 0 Å². The molecule has 4 aromatic rings. The number of halogens is 1. The third kappa shape index (κ3) is 3.53. The first-order valence-electron chi connectivity index (χ1n) is 8.56. The van der Waals surface area contributed by atoms with Crippen LogP contribution in [0.5, 0.6) is 0 Å². The largest absolute Gasteiger partial charge is 0.268 e. The minimum absolute atomic E-state index is 0.142. The summed E-state index contributed by atoms with van der Waals surface area (Å²) in [4.78, 5) is 17.9. The third-order valence-electron chi connectivity index (χ3n) is 4.31. The first-order chi connectivity index (χ1) is 13.7. The number of rotatable bonds is 4. The highest BCUT2D eigenvalue weighted by atomic mass is 35.5. The highest BCUT2D eigenvalue weighted by molar-refractivity contribution is 7.98. The number of nitriles is 1. The molecule has 1 heterocycles. The second-order valence-electron chi connectivity index (χ2n) is 6.09. The minimum Gasteiger partial charge on any atom is -0.268 e. The molecule has 4 rings (SSSR count). The molecule has 0 radical (unpaired) electrons. The Balaban J connectivity index is 1.84. The molecule has 6 heteroatoms. The molecule has 0 saturated heterocycles. The smallest absolute Gasteiger partial charge is 0.266 e. The second kappa shape index (κ2) is 7.89. The highest BCUT2D eigenvalue weighted by Gasteiger charge is 2.14. The number of thioether (sulfide) groups is 1. The molecule has 0 fully saturated rings. The van der Waals surface area contributed by atoms with Crippen molar-refractivity contribution >= 4 is 34.3 Å². The summed E-state index contributed by atoms with van der Waals surface area (Å²) in [6.07, 6.45) is 0. The van der Waals surface area contributed by atoms with Crippen molar-refractivity contribution in [1.29, 1.82) is 5.26 Å². The lowest BCUT2D eigenvalue weighted by atomic mass is 10.2. The number of benzene rings is 3. The summed E-state index contributed by atoms with van der Waals surface area (Å²) in [5.74, 6) is 0.584. The van der Waals surface area contributed by atoms with Crippen LogP contribution in [0.2, 0.25) is 5.02 Å². The maximum absolute atomic E-state index is 13.2. The molecule has 0 N–H and O–H groups in total. The van der Waals surface area contributed by atoms with E-state index in [-0.39, 0.29) is 5.56 Å². The van der Waals surface area contributed by atoms with Crippen LogP contribution in [0.3, 0.4) is 0 Å². The highest BCUT2D eigenvalue weighted by Crippen LogP contribution is 2.27. The Morgan fingerprint density at radius 1 is 1.00 bits per heavy atom. The summed E-state index contributed by atoms with van der Waals surface area (Å²) >= 11 is 7.72. The first kappa shape index (κ1) is 18.3. The van der Waals surface area contributed by atoms with Gasteiger partial charge in [0, 0.05) is 10.8 Å². The molecule has 0 aliphatic carbocycles. The third-order valence-corrected chi connectivity index (χ3v) is 5.67. The predicted octanol–water partition coefficient (Wildman–Crippen LogP) is 5.20. The Hall–Kier alpha value is -3.07. The van der Waals surface area contributed by atoms with Gasteiger partial charge in [0.25, 0.3) is 5.56 Å². The first-order valence-corrected chi connectivity index (χ1v) is 9.92. The molecule has 0 bridgehead atoms. The van der Waals surface area contributed by atoms with E-state index in [2.05, 4.69) is 6.07 Å². The lowest BCUT2D eigenvalue weighted by Crippen LogP contribution is -2.21. The maximum atomic E-state index is 13.2. The average molecular weight is 404 g/mol. The molecule has 0 saturated carbocycles. The lowest BCUT2D eigenvalue weighted by molar-refractivity contribution is 0.819. The van der Waals surface area contributed by atoms with E-state index in [0.29, 0.717) is 38.1 Å². The van der Waals surface area contributed by atoms with Gasteiger partial charge in [-0.3, -0.25) is 9.36 Å². The maximum Gasteiger partial charge on any atom is 0.266 e. The van der Waals surface area contributed by atoms with Gasteiger partial charge in [0.2, 0.25) is 0 Å². The fourth-order valence-electron chi connectivity index (χ4n) is 2.88. The van der Waals surface area contributed by atoms with Crippen LogP contribution < -0.4 is 5.56 Å². The van der Waals surface area contributed by atoms with E-state index in [1.54, 1.807) is 34.9 Å². The molecular weight excluding hydrogens is 390 g/mol. The van der Waals surface area contributed by atoms with Crippen molar-refractivity contribution < 1.29 is 0 Å². The minimum atomic E-state index is -0.142. The van der Waals surface area contributed by atoms with Gasteiger partial charge in [0.05, 0.1) is 28.2 Å². The molecule has 0 unspecified atom stereocenters. The fourth-order valence-corrected chi connectivity index (χ4v) is 4.18. The monoisotopic (exact) mass is 403 g/mol. The number of hydrogen-bond acceptors (Lipinski definition) is 4. The lowest BCUT2D eigenvalue weighted by Gasteiger charge is -2.13. The van der Waals surface area contributed by atoms with E-state index in [1.807, 2.05) is 42.5 Å². The number of fused-ring (bicyclic) bond motifs is 1. The Labute approximate surface area is 171 Å². The van der Waals surface area contributed by atoms with Gasteiger partial charge in [0.15, 0.2) is 5.16 Å². The van der Waals surface area contributed by atoms with Crippen molar-refractivity contribution in [1.82, 2.24) is 9.55 Å². The normalized spacial score (nSPS) is 10.7. The summed E-state index contributed by atoms with van der Waals surface area (Å²) in [5.41, 5.74) is 2.69. The topological polar surface area (TPSA) is 58.7 Å². The van der Waals surface area contributed by atoms with E-state index in [0.717, 1.165) is 5.56 Å². The Morgan fingerprint density at radius 2 is 1.71 bits per heavy atom. The van der Waals surface area contributed by atoms with Gasteiger partial charge in [-0.25, -0.2) is 4.98 Å². The zero-order valence-electron chi connectivity index (χ0n) is 14.7. The molecule has 0 amide bonds. The average Bonchev–Trinajstić information content (AvgIpc) is 2.73. The zero-order valence-corrected chi connectivity index (χ0v) is 16.2. The van der Waals surface area contributed by atoms with Crippen LogP contribution in [0.15, 0.2) is 82.7 Å². The molecule has 4 nitrogen and oxygen atoms in total. The molecule has 1 aromatic heterocycles. The van der Waals surface area contributed by atoms with Crippen LogP contribution in [0.1, 0.15) is 11.1 Å². The van der Waals surface area contributed by atoms with Crippen molar-refractivity contribution in [2.75, 3.05) is 0 Å². The van der Waals surface area contributed by atoms with Gasteiger partial charge in [0.1, 0.15) is 0 Å². The van der Waals surface area contributed by atoms with E-state index in [4.69, 9.17) is 21.8 Å². The van der Waals surface area contributed by atoms with Crippen LogP contribution in [-0.2, 0) is 5.75 Å². The molecule has 0 aliphatic heterocycles. The molecule has 28 heavy (non-hydrogen) atoms. The predicted molar refractivity (Wildman–Crippen MR) is 113 cm³/mol. The standard InChI is InChI=1S/C22H14ClN3OS/c23-19-7-3-1-5-16(19)14-28-22-25-20-8-4-2-6-18(20)21(27)26(22)17-11-9-15(13-24)10-12-17/h1-12H,14H2. The Bertz CT molecular complexity index is 1260. The number of nitrogens with zero attached hydrogens (tertiary/aromatic N) is 3. The van der Waals surface area contributed by atoms with Gasteiger partial charge in [-0.15, -0.1) is 0 Å². The van der Waals surface area contributed by atoms with Gasteiger partial charge >= 0.3 is 0 Å². The van der Waals surface area contributed by atoms with Crippen molar-refractivity contribution in [3.8, 4) is 11.8 Å². The fraction of sp³-hybridized carbons (Fsp3) is 0.0455. The van der Waals surface area contributed by atoms with Crippen LogP contribution in [0.25, 0.3) is 16.6 Å². The van der Waals surface area contributed by atoms with Gasteiger partial charge in [-0.05, 0) is 48.0 Å². The Morgan fingerprint density at radius 3 is 2.46 bits per heavy atom. The van der Waals surface area contributed by atoms with Gasteiger partial charge in [-0.2, -0.15) is 5.26 Å². The van der Waals surface area contributed by atoms with E-state index in [9.17, 15) is 4.79 Å². The molecular formula is C22H14ClN3OS. The van der Waals surface area contributed by atoms with Crippen molar-refractivity contribution in [3.63, 3.8) is 0 Å². The summed E-state index contributed by atoms with van der Waals surface area (Å²) in [6, 6.07) is 23.9. The molecule has 136 valence electrons. The van der Waals surface area contributed by atoms with Crippen LogP contribution in [0.4, 0.5) is 0 Å². The summed E-state index contributed by atoms with van der Waals surface area (Å²) < 4.78 is 1.59. The SMILES string of the molecule is N#Cc1ccc(-n2c(SCc3ccccc3Cl)nc3ccccc3c2=O)cc1. The van der Waals surface area contributed by atoms with E-state index < -0.39 is 0 Å². The van der Waals surface area contributed by atoms with Gasteiger partial charge in [-0.1, -0.05) is 53.7 Å².